The summed E-state index contributed by atoms with van der Waals surface area (Å²) in [7, 11) is 0. The summed E-state index contributed by atoms with van der Waals surface area (Å²) in [5.41, 5.74) is 0.312. The van der Waals surface area contributed by atoms with Crippen LogP contribution in [0.4, 0.5) is 0 Å². The van der Waals surface area contributed by atoms with Crippen LogP contribution in [0.5, 0.6) is 5.75 Å². The molecule has 0 radical (unpaired) electrons. The zero-order valence-corrected chi connectivity index (χ0v) is 11.7. The van der Waals surface area contributed by atoms with Crippen molar-refractivity contribution in [2.45, 2.75) is 25.0 Å². The minimum atomic E-state index is -0.665. The number of rotatable bonds is 4. The lowest BCUT2D eigenvalue weighted by molar-refractivity contribution is -0.0617. The molecule has 100 valence electrons. The van der Waals surface area contributed by atoms with Crippen molar-refractivity contribution in [3.05, 3.63) is 28.2 Å². The third-order valence-electron chi connectivity index (χ3n) is 3.22. The smallest absolute Gasteiger partial charge is 0.115 e. The fraction of sp³-hybridized carbons (Fsp3) is 0.538. The van der Waals surface area contributed by atoms with E-state index < -0.39 is 5.60 Å². The summed E-state index contributed by atoms with van der Waals surface area (Å²) in [4.78, 5) is 0. The van der Waals surface area contributed by atoms with Crippen LogP contribution in [0.1, 0.15) is 18.4 Å². The molecule has 1 fully saturated rings. The maximum absolute atomic E-state index is 10.3. The standard InChI is InChI=1S/C13H18BrNO3/c14-12-2-1-11(16)7-10(12)8-15-9-13(17)3-5-18-6-4-13/h1-2,7,15-17H,3-6,8-9H2. The monoisotopic (exact) mass is 315 g/mol. The molecule has 1 saturated heterocycles. The van der Waals surface area contributed by atoms with E-state index in [9.17, 15) is 10.2 Å². The molecule has 18 heavy (non-hydrogen) atoms. The molecule has 0 spiro atoms. The first-order chi connectivity index (χ1) is 8.59. The Morgan fingerprint density at radius 3 is 2.78 bits per heavy atom. The molecule has 0 atom stereocenters. The van der Waals surface area contributed by atoms with Gasteiger partial charge in [0.1, 0.15) is 5.75 Å². The van der Waals surface area contributed by atoms with Crippen molar-refractivity contribution in [2.24, 2.45) is 0 Å². The highest BCUT2D eigenvalue weighted by Crippen LogP contribution is 2.23. The summed E-state index contributed by atoms with van der Waals surface area (Å²) in [5.74, 6) is 0.250. The van der Waals surface area contributed by atoms with Crippen molar-refractivity contribution in [2.75, 3.05) is 19.8 Å². The number of benzene rings is 1. The fourth-order valence-electron chi connectivity index (χ4n) is 2.05. The Morgan fingerprint density at radius 1 is 1.33 bits per heavy atom. The third-order valence-corrected chi connectivity index (χ3v) is 4.00. The van der Waals surface area contributed by atoms with Gasteiger partial charge in [-0.3, -0.25) is 0 Å². The first-order valence-electron chi connectivity index (χ1n) is 6.07. The molecule has 1 aromatic rings. The zero-order chi connectivity index (χ0) is 13.0. The predicted molar refractivity (Wildman–Crippen MR) is 72.5 cm³/mol. The van der Waals surface area contributed by atoms with Gasteiger partial charge in [0.05, 0.1) is 5.60 Å². The van der Waals surface area contributed by atoms with E-state index in [1.807, 2.05) is 6.07 Å². The van der Waals surface area contributed by atoms with Crippen LogP contribution in [0.2, 0.25) is 0 Å². The molecule has 5 heteroatoms. The fourth-order valence-corrected chi connectivity index (χ4v) is 2.44. The number of halogens is 1. The Balaban J connectivity index is 1.86. The van der Waals surface area contributed by atoms with Gasteiger partial charge in [0.2, 0.25) is 0 Å². The van der Waals surface area contributed by atoms with Crippen molar-refractivity contribution in [3.63, 3.8) is 0 Å². The third kappa shape index (κ3) is 3.68. The van der Waals surface area contributed by atoms with Crippen LogP contribution < -0.4 is 5.32 Å². The molecule has 1 aliphatic rings. The number of phenols is 1. The minimum absolute atomic E-state index is 0.250. The molecule has 3 N–H and O–H groups in total. The number of ether oxygens (including phenoxy) is 1. The van der Waals surface area contributed by atoms with Crippen molar-refractivity contribution in [3.8, 4) is 5.75 Å². The van der Waals surface area contributed by atoms with Crippen LogP contribution in [0.25, 0.3) is 0 Å². The van der Waals surface area contributed by atoms with Gasteiger partial charge in [-0.05, 0) is 23.8 Å². The summed E-state index contributed by atoms with van der Waals surface area (Å²) in [6.45, 7) is 2.39. The molecular weight excluding hydrogens is 298 g/mol. The normalized spacial score (nSPS) is 18.8. The van der Waals surface area contributed by atoms with Gasteiger partial charge >= 0.3 is 0 Å². The summed E-state index contributed by atoms with van der Waals surface area (Å²) in [6, 6.07) is 5.17. The Labute approximate surface area is 115 Å². The van der Waals surface area contributed by atoms with E-state index >= 15 is 0 Å². The molecule has 2 rings (SSSR count). The first-order valence-corrected chi connectivity index (χ1v) is 6.87. The maximum atomic E-state index is 10.3. The molecule has 0 bridgehead atoms. The van der Waals surface area contributed by atoms with E-state index in [1.165, 1.54) is 0 Å². The van der Waals surface area contributed by atoms with Crippen molar-refractivity contribution in [1.82, 2.24) is 5.32 Å². The maximum Gasteiger partial charge on any atom is 0.115 e. The van der Waals surface area contributed by atoms with Crippen LogP contribution in [0.15, 0.2) is 22.7 Å². The first kappa shape index (κ1) is 13.8. The Kier molecular flexibility index (Phi) is 4.61. The number of hydrogen-bond donors (Lipinski definition) is 3. The molecule has 4 nitrogen and oxygen atoms in total. The average Bonchev–Trinajstić information content (AvgIpc) is 2.34. The molecule has 0 unspecified atom stereocenters. The second-order valence-corrected chi connectivity index (χ2v) is 5.57. The quantitative estimate of drug-likeness (QED) is 0.792. The summed E-state index contributed by atoms with van der Waals surface area (Å²) in [6.07, 6.45) is 1.34. The highest BCUT2D eigenvalue weighted by atomic mass is 79.9. The lowest BCUT2D eigenvalue weighted by Crippen LogP contribution is -2.44. The van der Waals surface area contributed by atoms with Crippen LogP contribution in [0, 0.1) is 0 Å². The number of hydrogen-bond acceptors (Lipinski definition) is 4. The van der Waals surface area contributed by atoms with Gasteiger partial charge in [-0.25, -0.2) is 0 Å². The molecule has 1 aliphatic heterocycles. The van der Waals surface area contributed by atoms with E-state index in [-0.39, 0.29) is 5.75 Å². The molecule has 0 aromatic heterocycles. The summed E-state index contributed by atoms with van der Waals surface area (Å²) < 4.78 is 6.19. The van der Waals surface area contributed by atoms with Gasteiger partial charge in [0.25, 0.3) is 0 Å². The number of phenolic OH excluding ortho intramolecular Hbond substituents is 1. The summed E-state index contributed by atoms with van der Waals surface area (Å²) >= 11 is 3.44. The Hall–Kier alpha value is -0.620. The second-order valence-electron chi connectivity index (χ2n) is 4.72. The predicted octanol–water partition coefficient (Wildman–Crippen LogP) is 1.79. The minimum Gasteiger partial charge on any atom is -0.508 e. The van der Waals surface area contributed by atoms with Crippen molar-refractivity contribution in [1.29, 1.82) is 0 Å². The van der Waals surface area contributed by atoms with E-state index in [0.717, 1.165) is 10.0 Å². The topological polar surface area (TPSA) is 61.7 Å². The van der Waals surface area contributed by atoms with E-state index in [4.69, 9.17) is 4.74 Å². The molecule has 0 amide bonds. The van der Waals surface area contributed by atoms with Gasteiger partial charge < -0.3 is 20.3 Å². The van der Waals surface area contributed by atoms with E-state index in [2.05, 4.69) is 21.2 Å². The SMILES string of the molecule is Oc1ccc(Br)c(CNCC2(O)CCOCC2)c1. The highest BCUT2D eigenvalue weighted by Gasteiger charge is 2.29. The number of aliphatic hydroxyl groups is 1. The average molecular weight is 316 g/mol. The van der Waals surface area contributed by atoms with Gasteiger partial charge in [-0.15, -0.1) is 0 Å². The van der Waals surface area contributed by atoms with Gasteiger partial charge in [0.15, 0.2) is 0 Å². The Bertz CT molecular complexity index is 405. The van der Waals surface area contributed by atoms with Crippen LogP contribution in [-0.4, -0.2) is 35.6 Å². The molecular formula is C13H18BrNO3. The molecule has 1 aromatic carbocycles. The van der Waals surface area contributed by atoms with Gasteiger partial charge in [-0.1, -0.05) is 15.9 Å². The zero-order valence-electron chi connectivity index (χ0n) is 10.2. The van der Waals surface area contributed by atoms with Crippen molar-refractivity contribution < 1.29 is 14.9 Å². The molecule has 0 aliphatic carbocycles. The van der Waals surface area contributed by atoms with E-state index in [0.29, 0.717) is 39.1 Å². The van der Waals surface area contributed by atoms with Gasteiger partial charge in [0, 0.05) is 43.6 Å². The lowest BCUT2D eigenvalue weighted by Gasteiger charge is -2.32. The van der Waals surface area contributed by atoms with Crippen LogP contribution in [0.3, 0.4) is 0 Å². The van der Waals surface area contributed by atoms with E-state index in [1.54, 1.807) is 12.1 Å². The molecule has 0 saturated carbocycles. The van der Waals surface area contributed by atoms with Gasteiger partial charge in [-0.2, -0.15) is 0 Å². The second kappa shape index (κ2) is 6.02. The Morgan fingerprint density at radius 2 is 2.06 bits per heavy atom. The number of aromatic hydroxyl groups is 1. The van der Waals surface area contributed by atoms with Crippen molar-refractivity contribution >= 4 is 15.9 Å². The largest absolute Gasteiger partial charge is 0.508 e. The molecule has 1 heterocycles. The lowest BCUT2D eigenvalue weighted by atomic mass is 9.94. The summed E-state index contributed by atoms with van der Waals surface area (Å²) in [5, 5.41) is 22.9. The van der Waals surface area contributed by atoms with Crippen LogP contribution >= 0.6 is 15.9 Å². The highest BCUT2D eigenvalue weighted by molar-refractivity contribution is 9.10. The number of nitrogens with one attached hydrogen (secondary N) is 1. The van der Waals surface area contributed by atoms with Crippen LogP contribution in [-0.2, 0) is 11.3 Å².